The molecule has 0 saturated carbocycles. The SMILES string of the molecule is COc1ccc(OC)c(/C=C2\C(=O)ON=C2CCl)c1. The van der Waals surface area contributed by atoms with Gasteiger partial charge in [0, 0.05) is 5.56 Å². The van der Waals surface area contributed by atoms with Crippen molar-refractivity contribution in [2.75, 3.05) is 20.1 Å². The molecule has 0 N–H and O–H groups in total. The number of oxime groups is 1. The number of halogens is 1. The van der Waals surface area contributed by atoms with Crippen LogP contribution in [0.25, 0.3) is 6.08 Å². The van der Waals surface area contributed by atoms with Gasteiger partial charge >= 0.3 is 5.97 Å². The van der Waals surface area contributed by atoms with E-state index < -0.39 is 5.97 Å². The zero-order chi connectivity index (χ0) is 13.8. The van der Waals surface area contributed by atoms with E-state index in [2.05, 4.69) is 9.99 Å². The van der Waals surface area contributed by atoms with Gasteiger partial charge in [-0.3, -0.25) is 0 Å². The number of methoxy groups -OCH3 is 2. The Morgan fingerprint density at radius 1 is 1.37 bits per heavy atom. The minimum atomic E-state index is -0.527. The molecule has 5 nitrogen and oxygen atoms in total. The third-order valence-corrected chi connectivity index (χ3v) is 2.89. The Kier molecular flexibility index (Phi) is 4.06. The quantitative estimate of drug-likeness (QED) is 0.482. The summed E-state index contributed by atoms with van der Waals surface area (Å²) in [7, 11) is 3.11. The van der Waals surface area contributed by atoms with Gasteiger partial charge in [0.25, 0.3) is 0 Å². The fourth-order valence-corrected chi connectivity index (χ4v) is 1.85. The van der Waals surface area contributed by atoms with Gasteiger partial charge in [-0.2, -0.15) is 0 Å². The van der Waals surface area contributed by atoms with Crippen LogP contribution in [0, 0.1) is 0 Å². The van der Waals surface area contributed by atoms with Crippen molar-refractivity contribution in [3.05, 3.63) is 29.3 Å². The number of rotatable bonds is 4. The largest absolute Gasteiger partial charge is 0.497 e. The second-order valence-electron chi connectivity index (χ2n) is 3.72. The minimum Gasteiger partial charge on any atom is -0.497 e. The molecule has 19 heavy (non-hydrogen) atoms. The molecule has 0 unspecified atom stereocenters. The van der Waals surface area contributed by atoms with Crippen molar-refractivity contribution in [2.24, 2.45) is 5.16 Å². The Balaban J connectivity index is 2.46. The smallest absolute Gasteiger partial charge is 0.367 e. The number of hydrogen-bond donors (Lipinski definition) is 0. The standard InChI is InChI=1S/C13H12ClNO4/c1-17-9-3-4-12(18-2)8(5-9)6-10-11(7-14)15-19-13(10)16/h3-6H,7H2,1-2H3/b10-6-. The molecule has 0 aliphatic carbocycles. The molecule has 1 aliphatic heterocycles. The van der Waals surface area contributed by atoms with Crippen molar-refractivity contribution in [1.82, 2.24) is 0 Å². The molecule has 0 atom stereocenters. The Hall–Kier alpha value is -2.01. The summed E-state index contributed by atoms with van der Waals surface area (Å²) in [5, 5.41) is 3.61. The van der Waals surface area contributed by atoms with E-state index in [9.17, 15) is 4.79 Å². The van der Waals surface area contributed by atoms with E-state index in [4.69, 9.17) is 21.1 Å². The molecule has 1 aromatic rings. The van der Waals surface area contributed by atoms with Crippen molar-refractivity contribution in [3.63, 3.8) is 0 Å². The van der Waals surface area contributed by atoms with Gasteiger partial charge in [-0.25, -0.2) is 4.79 Å². The second-order valence-corrected chi connectivity index (χ2v) is 3.98. The Morgan fingerprint density at radius 2 is 2.16 bits per heavy atom. The molecule has 0 spiro atoms. The summed E-state index contributed by atoms with van der Waals surface area (Å²) in [5.41, 5.74) is 1.41. The molecule has 100 valence electrons. The number of alkyl halides is 1. The fourth-order valence-electron chi connectivity index (χ4n) is 1.66. The molecule has 0 amide bonds. The molecule has 1 aromatic carbocycles. The lowest BCUT2D eigenvalue weighted by Crippen LogP contribution is -2.06. The number of carbonyl (C=O) groups excluding carboxylic acids is 1. The Labute approximate surface area is 115 Å². The molecule has 0 fully saturated rings. The molecule has 0 radical (unpaired) electrons. The normalized spacial score (nSPS) is 16.3. The molecule has 6 heteroatoms. The van der Waals surface area contributed by atoms with E-state index in [-0.39, 0.29) is 5.88 Å². The average molecular weight is 282 g/mol. The lowest BCUT2D eigenvalue weighted by molar-refractivity contribution is -0.136. The van der Waals surface area contributed by atoms with E-state index in [1.54, 1.807) is 38.5 Å². The maximum atomic E-state index is 11.6. The number of hydrogen-bond acceptors (Lipinski definition) is 5. The molecule has 1 aliphatic rings. The van der Waals surface area contributed by atoms with Gasteiger partial charge in [-0.05, 0) is 24.3 Å². The van der Waals surface area contributed by atoms with Crippen molar-refractivity contribution >= 4 is 29.4 Å². The summed E-state index contributed by atoms with van der Waals surface area (Å²) >= 11 is 5.71. The first-order valence-corrected chi connectivity index (χ1v) is 6.01. The molecule has 1 heterocycles. The number of ether oxygens (including phenoxy) is 2. The summed E-state index contributed by atoms with van der Waals surface area (Å²) < 4.78 is 10.4. The lowest BCUT2D eigenvalue weighted by Gasteiger charge is -2.07. The molecule has 0 saturated heterocycles. The van der Waals surface area contributed by atoms with Crippen LogP contribution >= 0.6 is 11.6 Å². The molecule has 0 bridgehead atoms. The summed E-state index contributed by atoms with van der Waals surface area (Å²) in [6.45, 7) is 0. The van der Waals surface area contributed by atoms with Crippen LogP contribution in [0.1, 0.15) is 5.56 Å². The maximum Gasteiger partial charge on any atom is 0.367 e. The Bertz CT molecular complexity index is 566. The first-order chi connectivity index (χ1) is 9.19. The van der Waals surface area contributed by atoms with Crippen LogP contribution < -0.4 is 9.47 Å². The fraction of sp³-hybridized carbons (Fsp3) is 0.231. The third-order valence-electron chi connectivity index (χ3n) is 2.63. The predicted molar refractivity (Wildman–Crippen MR) is 71.8 cm³/mol. The minimum absolute atomic E-state index is 0.101. The van der Waals surface area contributed by atoms with E-state index in [1.165, 1.54) is 0 Å². The van der Waals surface area contributed by atoms with Crippen molar-refractivity contribution in [1.29, 1.82) is 0 Å². The highest BCUT2D eigenvalue weighted by molar-refractivity contribution is 6.38. The first kappa shape index (κ1) is 13.4. The van der Waals surface area contributed by atoms with E-state index in [0.717, 1.165) is 0 Å². The lowest BCUT2D eigenvalue weighted by atomic mass is 10.1. The van der Waals surface area contributed by atoms with E-state index >= 15 is 0 Å². The van der Waals surface area contributed by atoms with Crippen LogP contribution in [0.15, 0.2) is 28.9 Å². The van der Waals surface area contributed by atoms with Gasteiger partial charge in [0.15, 0.2) is 0 Å². The average Bonchev–Trinajstić information content (AvgIpc) is 2.79. The zero-order valence-electron chi connectivity index (χ0n) is 10.5. The van der Waals surface area contributed by atoms with Crippen LogP contribution in [0.2, 0.25) is 0 Å². The van der Waals surface area contributed by atoms with Crippen molar-refractivity contribution in [2.45, 2.75) is 0 Å². The van der Waals surface area contributed by atoms with Crippen LogP contribution in [0.5, 0.6) is 11.5 Å². The van der Waals surface area contributed by atoms with Crippen LogP contribution in [0.4, 0.5) is 0 Å². The van der Waals surface area contributed by atoms with Gasteiger partial charge in [-0.15, -0.1) is 11.6 Å². The molecule has 0 aromatic heterocycles. The van der Waals surface area contributed by atoms with Crippen molar-refractivity contribution < 1.29 is 19.1 Å². The highest BCUT2D eigenvalue weighted by Crippen LogP contribution is 2.27. The Morgan fingerprint density at radius 3 is 2.79 bits per heavy atom. The summed E-state index contributed by atoms with van der Waals surface area (Å²) in [5.74, 6) is 0.843. The third kappa shape index (κ3) is 2.71. The second kappa shape index (κ2) is 5.75. The van der Waals surface area contributed by atoms with Gasteiger partial charge in [0.05, 0.1) is 25.7 Å². The monoisotopic (exact) mass is 281 g/mol. The summed E-state index contributed by atoms with van der Waals surface area (Å²) in [6, 6.07) is 5.27. The zero-order valence-corrected chi connectivity index (χ0v) is 11.2. The highest BCUT2D eigenvalue weighted by Gasteiger charge is 2.25. The van der Waals surface area contributed by atoms with Gasteiger partial charge < -0.3 is 14.3 Å². The number of nitrogens with zero attached hydrogens (tertiary/aromatic N) is 1. The maximum absolute atomic E-state index is 11.6. The van der Waals surface area contributed by atoms with Crippen molar-refractivity contribution in [3.8, 4) is 11.5 Å². The van der Waals surface area contributed by atoms with Gasteiger partial charge in [0.1, 0.15) is 17.2 Å². The van der Waals surface area contributed by atoms with Crippen LogP contribution in [-0.4, -0.2) is 31.8 Å². The number of carbonyl (C=O) groups is 1. The highest BCUT2D eigenvalue weighted by atomic mass is 35.5. The predicted octanol–water partition coefficient (Wildman–Crippen LogP) is 2.24. The van der Waals surface area contributed by atoms with Gasteiger partial charge in [-0.1, -0.05) is 5.16 Å². The van der Waals surface area contributed by atoms with Crippen LogP contribution in [0.3, 0.4) is 0 Å². The first-order valence-electron chi connectivity index (χ1n) is 5.48. The number of benzene rings is 1. The molecular weight excluding hydrogens is 270 g/mol. The van der Waals surface area contributed by atoms with E-state index in [0.29, 0.717) is 28.3 Å². The van der Waals surface area contributed by atoms with E-state index in [1.807, 2.05) is 0 Å². The topological polar surface area (TPSA) is 57.1 Å². The molecular formula is C13H12ClNO4. The van der Waals surface area contributed by atoms with Gasteiger partial charge in [0.2, 0.25) is 0 Å². The summed E-state index contributed by atoms with van der Waals surface area (Å²) in [4.78, 5) is 16.2. The molecule has 2 rings (SSSR count). The van der Waals surface area contributed by atoms with Crippen LogP contribution in [-0.2, 0) is 9.63 Å². The summed E-state index contributed by atoms with van der Waals surface area (Å²) in [6.07, 6.45) is 1.62.